The molecule has 0 aliphatic carbocycles. The molecule has 2 aromatic rings. The van der Waals surface area contributed by atoms with Crippen LogP contribution in [0.3, 0.4) is 0 Å². The van der Waals surface area contributed by atoms with E-state index in [-0.39, 0.29) is 17.7 Å². The monoisotopic (exact) mass is 374 g/mol. The molecule has 138 valence electrons. The molecular weight excluding hydrogens is 352 g/mol. The molecule has 1 aromatic carbocycles. The van der Waals surface area contributed by atoms with Crippen molar-refractivity contribution in [2.45, 2.75) is 39.4 Å². The van der Waals surface area contributed by atoms with Crippen molar-refractivity contribution in [3.8, 4) is 0 Å². The van der Waals surface area contributed by atoms with Crippen LogP contribution in [0, 0.1) is 5.92 Å². The van der Waals surface area contributed by atoms with E-state index in [0.717, 1.165) is 17.7 Å². The maximum atomic E-state index is 12.5. The molecule has 1 fully saturated rings. The van der Waals surface area contributed by atoms with Crippen molar-refractivity contribution in [2.75, 3.05) is 6.54 Å². The Morgan fingerprint density at radius 3 is 2.77 bits per heavy atom. The number of halogens is 1. The van der Waals surface area contributed by atoms with Gasteiger partial charge in [-0.15, -0.1) is 0 Å². The van der Waals surface area contributed by atoms with Gasteiger partial charge >= 0.3 is 0 Å². The lowest BCUT2D eigenvalue weighted by Gasteiger charge is -2.32. The van der Waals surface area contributed by atoms with Gasteiger partial charge in [0.15, 0.2) is 0 Å². The van der Waals surface area contributed by atoms with Crippen LogP contribution in [0.1, 0.15) is 30.9 Å². The van der Waals surface area contributed by atoms with Gasteiger partial charge < -0.3 is 10.2 Å². The van der Waals surface area contributed by atoms with Crippen molar-refractivity contribution in [1.29, 1.82) is 0 Å². The summed E-state index contributed by atoms with van der Waals surface area (Å²) in [7, 11) is 0. The highest BCUT2D eigenvalue weighted by Crippen LogP contribution is 2.21. The molecule has 2 amide bonds. The fourth-order valence-corrected chi connectivity index (χ4v) is 3.22. The average molecular weight is 375 g/mol. The van der Waals surface area contributed by atoms with Crippen LogP contribution in [0.4, 0.5) is 0 Å². The number of rotatable bonds is 6. The van der Waals surface area contributed by atoms with Gasteiger partial charge in [-0.2, -0.15) is 5.10 Å². The second-order valence-electron chi connectivity index (χ2n) is 6.56. The lowest BCUT2D eigenvalue weighted by molar-refractivity contribution is -0.138. The first-order chi connectivity index (χ1) is 12.5. The molecule has 0 unspecified atom stereocenters. The highest BCUT2D eigenvalue weighted by atomic mass is 35.5. The van der Waals surface area contributed by atoms with Gasteiger partial charge in [0.1, 0.15) is 0 Å². The second-order valence-corrected chi connectivity index (χ2v) is 6.99. The number of hydrogen-bond acceptors (Lipinski definition) is 3. The quantitative estimate of drug-likeness (QED) is 0.845. The Balaban J connectivity index is 1.55. The van der Waals surface area contributed by atoms with Gasteiger partial charge in [0.2, 0.25) is 11.8 Å². The standard InChI is InChI=1S/C19H23ClN4O2/c1-2-24-12-15(10-22-24)9-21-19(26)16-5-8-18(25)23(13-16)11-14-3-6-17(20)7-4-14/h3-4,6-7,10,12,16H,2,5,8-9,11,13H2,1H3,(H,21,26)/t16-/m0/s1. The van der Waals surface area contributed by atoms with E-state index < -0.39 is 0 Å². The number of aromatic nitrogens is 2. The number of carbonyl (C=O) groups excluding carboxylic acids is 2. The molecule has 2 heterocycles. The Bertz CT molecular complexity index is 772. The summed E-state index contributed by atoms with van der Waals surface area (Å²) in [5, 5.41) is 7.84. The number of hydrogen-bond donors (Lipinski definition) is 1. The van der Waals surface area contributed by atoms with Crippen molar-refractivity contribution in [1.82, 2.24) is 20.0 Å². The number of nitrogens with one attached hydrogen (secondary N) is 1. The lowest BCUT2D eigenvalue weighted by Crippen LogP contribution is -2.45. The van der Waals surface area contributed by atoms with Crippen molar-refractivity contribution < 1.29 is 9.59 Å². The summed E-state index contributed by atoms with van der Waals surface area (Å²) in [6.07, 6.45) is 4.69. The number of likely N-dealkylation sites (tertiary alicyclic amines) is 1. The molecule has 0 saturated carbocycles. The molecule has 7 heteroatoms. The van der Waals surface area contributed by atoms with Gasteiger partial charge in [-0.25, -0.2) is 0 Å². The first-order valence-corrected chi connectivity index (χ1v) is 9.24. The third-order valence-electron chi connectivity index (χ3n) is 4.64. The summed E-state index contributed by atoms with van der Waals surface area (Å²) in [6, 6.07) is 7.44. The minimum atomic E-state index is -0.179. The maximum absolute atomic E-state index is 12.5. The first-order valence-electron chi connectivity index (χ1n) is 8.86. The zero-order valence-corrected chi connectivity index (χ0v) is 15.6. The third-order valence-corrected chi connectivity index (χ3v) is 4.89. The summed E-state index contributed by atoms with van der Waals surface area (Å²) >= 11 is 5.90. The minimum absolute atomic E-state index is 0.0112. The molecule has 1 aromatic heterocycles. The summed E-state index contributed by atoms with van der Waals surface area (Å²) in [6.45, 7) is 4.23. The van der Waals surface area contributed by atoms with Crippen molar-refractivity contribution in [3.05, 3.63) is 52.8 Å². The Kier molecular flexibility index (Phi) is 5.93. The molecule has 1 saturated heterocycles. The molecule has 26 heavy (non-hydrogen) atoms. The Morgan fingerprint density at radius 2 is 2.08 bits per heavy atom. The van der Waals surface area contributed by atoms with Crippen LogP contribution in [0.5, 0.6) is 0 Å². The molecule has 1 aliphatic rings. The Labute approximate surface area is 158 Å². The lowest BCUT2D eigenvalue weighted by atomic mass is 9.96. The summed E-state index contributed by atoms with van der Waals surface area (Å²) < 4.78 is 1.83. The number of benzene rings is 1. The predicted molar refractivity (Wildman–Crippen MR) is 99.3 cm³/mol. The van der Waals surface area contributed by atoms with E-state index >= 15 is 0 Å². The minimum Gasteiger partial charge on any atom is -0.352 e. The zero-order chi connectivity index (χ0) is 18.5. The van der Waals surface area contributed by atoms with Crippen LogP contribution < -0.4 is 5.32 Å². The van der Waals surface area contributed by atoms with E-state index in [0.29, 0.717) is 37.5 Å². The largest absolute Gasteiger partial charge is 0.352 e. The van der Waals surface area contributed by atoms with Crippen LogP contribution in [-0.4, -0.2) is 33.0 Å². The van der Waals surface area contributed by atoms with Gasteiger partial charge in [0.05, 0.1) is 12.1 Å². The van der Waals surface area contributed by atoms with Crippen LogP contribution in [-0.2, 0) is 29.2 Å². The summed E-state index contributed by atoms with van der Waals surface area (Å²) in [4.78, 5) is 26.5. The van der Waals surface area contributed by atoms with Crippen molar-refractivity contribution in [3.63, 3.8) is 0 Å². The fourth-order valence-electron chi connectivity index (χ4n) is 3.10. The van der Waals surface area contributed by atoms with Crippen LogP contribution in [0.2, 0.25) is 5.02 Å². The van der Waals surface area contributed by atoms with E-state index in [2.05, 4.69) is 10.4 Å². The predicted octanol–water partition coefficient (Wildman–Crippen LogP) is 2.61. The van der Waals surface area contributed by atoms with E-state index in [9.17, 15) is 9.59 Å². The Morgan fingerprint density at radius 1 is 1.31 bits per heavy atom. The molecule has 0 spiro atoms. The molecular formula is C19H23ClN4O2. The molecule has 3 rings (SSSR count). The fraction of sp³-hybridized carbons (Fsp3) is 0.421. The van der Waals surface area contributed by atoms with Crippen LogP contribution in [0.15, 0.2) is 36.7 Å². The molecule has 6 nitrogen and oxygen atoms in total. The zero-order valence-electron chi connectivity index (χ0n) is 14.8. The van der Waals surface area contributed by atoms with E-state index in [4.69, 9.17) is 11.6 Å². The van der Waals surface area contributed by atoms with Crippen molar-refractivity contribution in [2.24, 2.45) is 5.92 Å². The average Bonchev–Trinajstić information content (AvgIpc) is 3.11. The van der Waals surface area contributed by atoms with Gasteiger partial charge in [0.25, 0.3) is 0 Å². The summed E-state index contributed by atoms with van der Waals surface area (Å²) in [5.74, 6) is -0.0997. The number of carbonyl (C=O) groups is 2. The molecule has 0 radical (unpaired) electrons. The third kappa shape index (κ3) is 4.64. The highest BCUT2D eigenvalue weighted by Gasteiger charge is 2.30. The van der Waals surface area contributed by atoms with E-state index in [1.54, 1.807) is 11.1 Å². The topological polar surface area (TPSA) is 67.2 Å². The van der Waals surface area contributed by atoms with Gasteiger partial charge in [-0.1, -0.05) is 23.7 Å². The second kappa shape index (κ2) is 8.36. The SMILES string of the molecule is CCn1cc(CNC(=O)[C@H]2CCC(=O)N(Cc3ccc(Cl)cc3)C2)cn1. The molecule has 1 N–H and O–H groups in total. The molecule has 1 atom stereocenters. The summed E-state index contributed by atoms with van der Waals surface area (Å²) in [5.41, 5.74) is 1.99. The first kappa shape index (κ1) is 18.5. The van der Waals surface area contributed by atoms with E-state index in [1.165, 1.54) is 0 Å². The molecule has 1 aliphatic heterocycles. The van der Waals surface area contributed by atoms with Gasteiger partial charge in [0, 0.05) is 49.4 Å². The van der Waals surface area contributed by atoms with E-state index in [1.807, 2.05) is 42.1 Å². The van der Waals surface area contributed by atoms with Gasteiger partial charge in [-0.3, -0.25) is 14.3 Å². The van der Waals surface area contributed by atoms with Crippen molar-refractivity contribution >= 4 is 23.4 Å². The number of piperidine rings is 1. The number of amides is 2. The molecule has 0 bridgehead atoms. The highest BCUT2D eigenvalue weighted by molar-refractivity contribution is 6.30. The maximum Gasteiger partial charge on any atom is 0.225 e. The number of aryl methyl sites for hydroxylation is 1. The van der Waals surface area contributed by atoms with Crippen LogP contribution >= 0.6 is 11.6 Å². The van der Waals surface area contributed by atoms with Gasteiger partial charge in [-0.05, 0) is 31.0 Å². The smallest absolute Gasteiger partial charge is 0.225 e. The van der Waals surface area contributed by atoms with Crippen LogP contribution in [0.25, 0.3) is 0 Å². The Hall–Kier alpha value is -2.34. The number of nitrogens with zero attached hydrogens (tertiary/aromatic N) is 3. The normalized spacial score (nSPS) is 17.4.